The maximum Gasteiger partial charge on any atom is 0.411 e. The van der Waals surface area contributed by atoms with Crippen molar-refractivity contribution in [2.24, 2.45) is 5.10 Å². The van der Waals surface area contributed by atoms with E-state index in [2.05, 4.69) is 10.5 Å². The molecule has 42 heavy (non-hydrogen) atoms. The highest BCUT2D eigenvalue weighted by molar-refractivity contribution is 7.90. The van der Waals surface area contributed by atoms with E-state index in [0.717, 1.165) is 11.1 Å². The Labute approximate surface area is 243 Å². The van der Waals surface area contributed by atoms with Crippen molar-refractivity contribution in [1.82, 2.24) is 9.29 Å². The van der Waals surface area contributed by atoms with Gasteiger partial charge in [-0.3, -0.25) is 15.5 Å². The number of benzene rings is 3. The summed E-state index contributed by atoms with van der Waals surface area (Å²) in [6, 6.07) is 17.0. The molecule has 2 amide bonds. The number of carbonyl (C=O) groups is 2. The smallest absolute Gasteiger partial charge is 0.411 e. The number of carbonyl (C=O) groups excluding carboxylic acids is 1. The molecule has 1 heterocycles. The van der Waals surface area contributed by atoms with Gasteiger partial charge in [-0.05, 0) is 97.5 Å². The molecule has 12 heteroatoms. The number of imide groups is 1. The molecule has 1 aromatic heterocycles. The summed E-state index contributed by atoms with van der Waals surface area (Å²) in [5, 5.41) is 23.7. The third-order valence-electron chi connectivity index (χ3n) is 6.57. The minimum Gasteiger partial charge on any atom is -0.465 e. The molecule has 0 unspecified atom stereocenters. The second kappa shape index (κ2) is 11.8. The van der Waals surface area contributed by atoms with Crippen molar-refractivity contribution in [3.05, 3.63) is 83.0 Å². The molecule has 0 aliphatic carbocycles. The molecule has 0 bridgehead atoms. The topological polar surface area (TPSA) is 163 Å². The van der Waals surface area contributed by atoms with E-state index in [-0.39, 0.29) is 10.8 Å². The summed E-state index contributed by atoms with van der Waals surface area (Å²) in [5.41, 5.74) is 6.34. The van der Waals surface area contributed by atoms with Crippen molar-refractivity contribution in [1.29, 1.82) is 5.26 Å². The van der Waals surface area contributed by atoms with E-state index >= 15 is 0 Å². The number of nitriles is 1. The van der Waals surface area contributed by atoms with Gasteiger partial charge in [0.15, 0.2) is 0 Å². The van der Waals surface area contributed by atoms with Crippen LogP contribution in [0, 0.1) is 32.1 Å². The number of hydrogen-bond donors (Lipinski definition) is 3. The number of fused-ring (bicyclic) bond motifs is 1. The maximum atomic E-state index is 13.5. The van der Waals surface area contributed by atoms with Crippen LogP contribution in [0.3, 0.4) is 0 Å². The number of nitrogens with one attached hydrogen (secondary N) is 2. The summed E-state index contributed by atoms with van der Waals surface area (Å²) in [4.78, 5) is 22.6. The Bertz CT molecular complexity index is 1880. The zero-order valence-electron chi connectivity index (χ0n) is 23.6. The maximum absolute atomic E-state index is 13.5. The van der Waals surface area contributed by atoms with E-state index in [0.29, 0.717) is 39.2 Å². The van der Waals surface area contributed by atoms with Gasteiger partial charge < -0.3 is 9.84 Å². The molecular formula is C30H29N5O6S. The second-order valence-electron chi connectivity index (χ2n) is 9.99. The highest BCUT2D eigenvalue weighted by atomic mass is 32.2. The Morgan fingerprint density at radius 1 is 1.00 bits per heavy atom. The van der Waals surface area contributed by atoms with E-state index in [4.69, 9.17) is 15.1 Å². The normalized spacial score (nSPS) is 11.8. The van der Waals surface area contributed by atoms with Crippen molar-refractivity contribution in [3.63, 3.8) is 0 Å². The average molecular weight is 588 g/mol. The molecule has 0 atom stereocenters. The SMILES string of the molecule is Cc1ccc(S(=O)(=O)n2ccc3cc(Oc4c(C)cc(N/N=C(/C#N)C(=O)NC(=O)O)cc4C)ccc32)cc1C(C)C. The van der Waals surface area contributed by atoms with Gasteiger partial charge in [-0.25, -0.2) is 17.2 Å². The van der Waals surface area contributed by atoms with E-state index in [9.17, 15) is 18.0 Å². The predicted octanol–water partition coefficient (Wildman–Crippen LogP) is 5.80. The van der Waals surface area contributed by atoms with E-state index in [1.54, 1.807) is 73.8 Å². The molecule has 0 fully saturated rings. The number of aryl methyl sites for hydroxylation is 3. The lowest BCUT2D eigenvalue weighted by molar-refractivity contribution is -0.114. The fourth-order valence-corrected chi connectivity index (χ4v) is 5.97. The van der Waals surface area contributed by atoms with Crippen molar-refractivity contribution in [2.45, 2.75) is 45.4 Å². The average Bonchev–Trinajstić information content (AvgIpc) is 3.35. The van der Waals surface area contributed by atoms with Crippen molar-refractivity contribution in [3.8, 4) is 17.6 Å². The van der Waals surface area contributed by atoms with Gasteiger partial charge in [0.25, 0.3) is 15.9 Å². The third kappa shape index (κ3) is 6.11. The van der Waals surface area contributed by atoms with Gasteiger partial charge in [-0.2, -0.15) is 10.4 Å². The minimum absolute atomic E-state index is 0.186. The second-order valence-corrected chi connectivity index (χ2v) is 11.8. The summed E-state index contributed by atoms with van der Waals surface area (Å²) >= 11 is 0. The standard InChI is InChI=1S/C30H29N5O6S/c1-17(2)25-15-24(8-6-18(25)3)42(39,40)35-11-10-21-14-23(7-9-27(21)35)41-28-19(4)12-22(13-20(28)5)33-34-26(16-31)29(36)32-30(37)38/h6-15,17,33H,1-5H3,(H,32,36)(H,37,38)/b34-26-. The lowest BCUT2D eigenvalue weighted by atomic mass is 9.98. The van der Waals surface area contributed by atoms with Gasteiger partial charge in [-0.1, -0.05) is 19.9 Å². The zero-order chi connectivity index (χ0) is 30.8. The molecule has 216 valence electrons. The molecular weight excluding hydrogens is 558 g/mol. The number of carboxylic acid groups (broad SMARTS) is 1. The number of amides is 2. The van der Waals surface area contributed by atoms with Gasteiger partial charge in [0.2, 0.25) is 5.71 Å². The Balaban J connectivity index is 1.58. The van der Waals surface area contributed by atoms with Crippen LogP contribution in [-0.2, 0) is 14.8 Å². The largest absolute Gasteiger partial charge is 0.465 e. The monoisotopic (exact) mass is 587 g/mol. The fourth-order valence-electron chi connectivity index (χ4n) is 4.58. The van der Waals surface area contributed by atoms with Crippen LogP contribution in [0.2, 0.25) is 0 Å². The molecule has 0 saturated carbocycles. The van der Waals surface area contributed by atoms with Crippen LogP contribution < -0.4 is 15.5 Å². The van der Waals surface area contributed by atoms with Crippen molar-refractivity contribution in [2.75, 3.05) is 5.43 Å². The molecule has 0 aliphatic heterocycles. The van der Waals surface area contributed by atoms with Gasteiger partial charge in [-0.15, -0.1) is 0 Å². The van der Waals surface area contributed by atoms with E-state index < -0.39 is 27.7 Å². The first kappa shape index (κ1) is 29.8. The summed E-state index contributed by atoms with van der Waals surface area (Å²) in [5.74, 6) is 0.0891. The first-order chi connectivity index (χ1) is 19.8. The lowest BCUT2D eigenvalue weighted by Gasteiger charge is -2.15. The Morgan fingerprint density at radius 3 is 2.31 bits per heavy atom. The van der Waals surface area contributed by atoms with Gasteiger partial charge in [0, 0.05) is 11.6 Å². The zero-order valence-corrected chi connectivity index (χ0v) is 24.4. The van der Waals surface area contributed by atoms with Crippen molar-refractivity contribution < 1.29 is 27.9 Å². The van der Waals surface area contributed by atoms with Crippen LogP contribution in [0.4, 0.5) is 10.5 Å². The van der Waals surface area contributed by atoms with Crippen molar-refractivity contribution >= 4 is 44.3 Å². The van der Waals surface area contributed by atoms with E-state index in [1.807, 2.05) is 26.8 Å². The van der Waals surface area contributed by atoms with Gasteiger partial charge in [0.05, 0.1) is 16.1 Å². The Kier molecular flexibility index (Phi) is 8.35. The third-order valence-corrected chi connectivity index (χ3v) is 8.26. The molecule has 4 aromatic rings. The molecule has 0 spiro atoms. The number of ether oxygens (including phenoxy) is 1. The molecule has 3 N–H and O–H groups in total. The first-order valence-corrected chi connectivity index (χ1v) is 14.3. The fraction of sp³-hybridized carbons (Fsp3) is 0.200. The number of nitrogens with zero attached hydrogens (tertiary/aromatic N) is 3. The highest BCUT2D eigenvalue weighted by Crippen LogP contribution is 2.34. The van der Waals surface area contributed by atoms with Crippen LogP contribution in [-0.4, -0.2) is 35.2 Å². The number of hydrogen-bond acceptors (Lipinski definition) is 8. The van der Waals surface area contributed by atoms with Crippen LogP contribution in [0.15, 0.2) is 70.8 Å². The lowest BCUT2D eigenvalue weighted by Crippen LogP contribution is -2.34. The van der Waals surface area contributed by atoms with Crippen LogP contribution in [0.5, 0.6) is 11.5 Å². The molecule has 0 aliphatic rings. The number of rotatable bonds is 8. The molecule has 3 aromatic carbocycles. The molecule has 11 nitrogen and oxygen atoms in total. The van der Waals surface area contributed by atoms with Crippen LogP contribution in [0.1, 0.15) is 42.0 Å². The number of aromatic nitrogens is 1. The minimum atomic E-state index is -3.83. The molecule has 0 radical (unpaired) electrons. The summed E-state index contributed by atoms with van der Waals surface area (Å²) in [7, 11) is -3.83. The van der Waals surface area contributed by atoms with Gasteiger partial charge in [0.1, 0.15) is 17.6 Å². The quantitative estimate of drug-likeness (QED) is 0.172. The van der Waals surface area contributed by atoms with Crippen LogP contribution in [0.25, 0.3) is 10.9 Å². The summed E-state index contributed by atoms with van der Waals surface area (Å²) in [6.07, 6.45) is -0.0680. The van der Waals surface area contributed by atoms with E-state index in [1.165, 1.54) is 10.2 Å². The number of hydrazone groups is 1. The van der Waals surface area contributed by atoms with Crippen LogP contribution >= 0.6 is 0 Å². The number of anilines is 1. The first-order valence-electron chi connectivity index (χ1n) is 12.9. The summed E-state index contributed by atoms with van der Waals surface area (Å²) < 4.78 is 34.5. The predicted molar refractivity (Wildman–Crippen MR) is 159 cm³/mol. The molecule has 0 saturated heterocycles. The summed E-state index contributed by atoms with van der Waals surface area (Å²) in [6.45, 7) is 9.63. The molecule has 4 rings (SSSR count). The Hall–Kier alpha value is -5.15. The highest BCUT2D eigenvalue weighted by Gasteiger charge is 2.21. The Morgan fingerprint density at radius 2 is 1.69 bits per heavy atom. The van der Waals surface area contributed by atoms with Gasteiger partial charge >= 0.3 is 6.09 Å².